The summed E-state index contributed by atoms with van der Waals surface area (Å²) in [5.41, 5.74) is 7.76. The molecule has 6 heteroatoms. The lowest BCUT2D eigenvalue weighted by Crippen LogP contribution is -2.03. The van der Waals surface area contributed by atoms with E-state index in [0.29, 0.717) is 11.7 Å². The topological polar surface area (TPSA) is 83.2 Å². The van der Waals surface area contributed by atoms with Gasteiger partial charge in [0.25, 0.3) is 0 Å². The predicted molar refractivity (Wildman–Crippen MR) is 76.1 cm³/mol. The van der Waals surface area contributed by atoms with Crippen LogP contribution in [0, 0.1) is 6.92 Å². The van der Waals surface area contributed by atoms with Gasteiger partial charge in [0, 0.05) is 0 Å². The average Bonchev–Trinajstić information content (AvgIpc) is 2.40. The second kappa shape index (κ2) is 5.73. The van der Waals surface area contributed by atoms with Crippen LogP contribution < -0.4 is 15.2 Å². The van der Waals surface area contributed by atoms with Crippen molar-refractivity contribution in [2.75, 3.05) is 12.8 Å². The molecule has 20 heavy (non-hydrogen) atoms. The highest BCUT2D eigenvalue weighted by Gasteiger charge is 2.10. The molecule has 0 radical (unpaired) electrons. The Kier molecular flexibility index (Phi) is 4.02. The van der Waals surface area contributed by atoms with E-state index in [-0.39, 0.29) is 18.0 Å². The van der Waals surface area contributed by atoms with E-state index in [9.17, 15) is 0 Å². The minimum absolute atomic E-state index is 0.0597. The SMILES string of the molecule is COc1nc(N)nc(Oc2cc(C(C)C)ccc2C)n1. The van der Waals surface area contributed by atoms with Gasteiger partial charge in [-0.2, -0.15) is 9.97 Å². The largest absolute Gasteiger partial charge is 0.467 e. The molecular formula is C14H18N4O2. The molecular weight excluding hydrogens is 256 g/mol. The van der Waals surface area contributed by atoms with Crippen molar-refractivity contribution in [2.45, 2.75) is 26.7 Å². The van der Waals surface area contributed by atoms with Crippen molar-refractivity contribution >= 4 is 5.95 Å². The molecule has 1 aromatic carbocycles. The molecule has 0 aliphatic rings. The van der Waals surface area contributed by atoms with Crippen molar-refractivity contribution in [2.24, 2.45) is 0 Å². The second-order valence-electron chi connectivity index (χ2n) is 4.74. The molecule has 2 aromatic rings. The van der Waals surface area contributed by atoms with Crippen LogP contribution in [0.5, 0.6) is 17.8 Å². The molecule has 0 saturated heterocycles. The Hall–Kier alpha value is -2.37. The van der Waals surface area contributed by atoms with Gasteiger partial charge in [0.15, 0.2) is 0 Å². The summed E-state index contributed by atoms with van der Waals surface area (Å²) in [6.07, 6.45) is 0. The predicted octanol–water partition coefficient (Wildman–Crippen LogP) is 2.69. The Morgan fingerprint density at radius 3 is 2.45 bits per heavy atom. The van der Waals surface area contributed by atoms with Gasteiger partial charge in [-0.3, -0.25) is 0 Å². The molecule has 0 saturated carbocycles. The van der Waals surface area contributed by atoms with Crippen LogP contribution in [0.15, 0.2) is 18.2 Å². The van der Waals surface area contributed by atoms with Gasteiger partial charge >= 0.3 is 12.0 Å². The fourth-order valence-corrected chi connectivity index (χ4v) is 1.67. The third-order valence-corrected chi connectivity index (χ3v) is 2.87. The fourth-order valence-electron chi connectivity index (χ4n) is 1.67. The number of ether oxygens (including phenoxy) is 2. The molecule has 6 nitrogen and oxygen atoms in total. The smallest absolute Gasteiger partial charge is 0.330 e. The zero-order valence-electron chi connectivity index (χ0n) is 12.0. The molecule has 1 heterocycles. The van der Waals surface area contributed by atoms with E-state index in [0.717, 1.165) is 5.56 Å². The molecule has 2 rings (SSSR count). The van der Waals surface area contributed by atoms with Gasteiger partial charge in [-0.1, -0.05) is 26.0 Å². The number of hydrogen-bond acceptors (Lipinski definition) is 6. The quantitative estimate of drug-likeness (QED) is 0.922. The van der Waals surface area contributed by atoms with Crippen molar-refractivity contribution in [3.8, 4) is 17.8 Å². The Balaban J connectivity index is 2.34. The highest BCUT2D eigenvalue weighted by molar-refractivity contribution is 5.39. The van der Waals surface area contributed by atoms with Crippen LogP contribution in [0.3, 0.4) is 0 Å². The van der Waals surface area contributed by atoms with E-state index < -0.39 is 0 Å². The van der Waals surface area contributed by atoms with E-state index in [4.69, 9.17) is 15.2 Å². The number of aromatic nitrogens is 3. The van der Waals surface area contributed by atoms with E-state index >= 15 is 0 Å². The molecule has 0 aliphatic heterocycles. The second-order valence-corrected chi connectivity index (χ2v) is 4.74. The number of anilines is 1. The van der Waals surface area contributed by atoms with E-state index in [1.165, 1.54) is 12.7 Å². The van der Waals surface area contributed by atoms with Crippen molar-refractivity contribution < 1.29 is 9.47 Å². The summed E-state index contributed by atoms with van der Waals surface area (Å²) in [4.78, 5) is 11.8. The van der Waals surface area contributed by atoms with Gasteiger partial charge in [0.05, 0.1) is 7.11 Å². The Labute approximate surface area is 118 Å². The maximum atomic E-state index is 5.70. The first-order valence-electron chi connectivity index (χ1n) is 6.33. The summed E-state index contributed by atoms with van der Waals surface area (Å²) in [7, 11) is 1.46. The van der Waals surface area contributed by atoms with Crippen LogP contribution in [0.2, 0.25) is 0 Å². The van der Waals surface area contributed by atoms with Gasteiger partial charge in [-0.25, -0.2) is 0 Å². The van der Waals surface area contributed by atoms with Gasteiger partial charge in [-0.15, -0.1) is 4.98 Å². The number of hydrogen-bond donors (Lipinski definition) is 1. The highest BCUT2D eigenvalue weighted by atomic mass is 16.5. The third-order valence-electron chi connectivity index (χ3n) is 2.87. The highest BCUT2D eigenvalue weighted by Crippen LogP contribution is 2.27. The van der Waals surface area contributed by atoms with Crippen LogP contribution >= 0.6 is 0 Å². The Morgan fingerprint density at radius 1 is 1.10 bits per heavy atom. The first kappa shape index (κ1) is 14.0. The lowest BCUT2D eigenvalue weighted by molar-refractivity contribution is 0.360. The molecule has 0 aliphatic carbocycles. The van der Waals surface area contributed by atoms with E-state index in [1.54, 1.807) is 0 Å². The molecule has 0 bridgehead atoms. The molecule has 0 spiro atoms. The Bertz CT molecular complexity index is 614. The van der Waals surface area contributed by atoms with Crippen LogP contribution in [0.4, 0.5) is 5.95 Å². The van der Waals surface area contributed by atoms with Crippen LogP contribution in [0.25, 0.3) is 0 Å². The van der Waals surface area contributed by atoms with Crippen molar-refractivity contribution in [3.63, 3.8) is 0 Å². The number of nitrogen functional groups attached to an aromatic ring is 1. The summed E-state index contributed by atoms with van der Waals surface area (Å²) in [6, 6.07) is 6.32. The van der Waals surface area contributed by atoms with Gasteiger partial charge in [0.1, 0.15) is 5.75 Å². The normalized spacial score (nSPS) is 10.7. The summed E-state index contributed by atoms with van der Waals surface area (Å²) < 4.78 is 10.6. The standard InChI is InChI=1S/C14H18N4O2/c1-8(2)10-6-5-9(3)11(7-10)20-14-17-12(15)16-13(18-14)19-4/h5-8H,1-4H3,(H2,15,16,17,18). The first-order chi connectivity index (χ1) is 9.49. The number of rotatable bonds is 4. The van der Waals surface area contributed by atoms with Crippen molar-refractivity contribution in [1.82, 2.24) is 15.0 Å². The fraction of sp³-hybridized carbons (Fsp3) is 0.357. The maximum Gasteiger partial charge on any atom is 0.330 e. The molecule has 2 N–H and O–H groups in total. The zero-order valence-corrected chi connectivity index (χ0v) is 12.0. The minimum Gasteiger partial charge on any atom is -0.467 e. The molecule has 0 amide bonds. The molecule has 0 unspecified atom stereocenters. The zero-order chi connectivity index (χ0) is 14.7. The van der Waals surface area contributed by atoms with Crippen molar-refractivity contribution in [3.05, 3.63) is 29.3 Å². The van der Waals surface area contributed by atoms with Gasteiger partial charge in [-0.05, 0) is 30.0 Å². The third kappa shape index (κ3) is 3.14. The Morgan fingerprint density at radius 2 is 1.80 bits per heavy atom. The number of aryl methyl sites for hydroxylation is 1. The molecule has 0 fully saturated rings. The minimum atomic E-state index is 0.0597. The summed E-state index contributed by atoms with van der Waals surface area (Å²) in [6.45, 7) is 6.21. The average molecular weight is 274 g/mol. The molecule has 106 valence electrons. The summed E-state index contributed by atoms with van der Waals surface area (Å²) in [5.74, 6) is 1.17. The lowest BCUT2D eigenvalue weighted by atomic mass is 10.0. The van der Waals surface area contributed by atoms with Crippen molar-refractivity contribution in [1.29, 1.82) is 0 Å². The maximum absolute atomic E-state index is 5.70. The summed E-state index contributed by atoms with van der Waals surface area (Å²) in [5, 5.41) is 0. The van der Waals surface area contributed by atoms with E-state index in [1.807, 2.05) is 19.1 Å². The van der Waals surface area contributed by atoms with E-state index in [2.05, 4.69) is 34.9 Å². The number of nitrogens with zero attached hydrogens (tertiary/aromatic N) is 3. The lowest BCUT2D eigenvalue weighted by Gasteiger charge is -2.11. The number of nitrogens with two attached hydrogens (primary N) is 1. The van der Waals surface area contributed by atoms with Crippen LogP contribution in [-0.4, -0.2) is 22.1 Å². The van der Waals surface area contributed by atoms with Gasteiger partial charge in [0.2, 0.25) is 5.95 Å². The molecule has 0 atom stereocenters. The monoisotopic (exact) mass is 274 g/mol. The summed E-state index contributed by atoms with van der Waals surface area (Å²) >= 11 is 0. The van der Waals surface area contributed by atoms with Gasteiger partial charge < -0.3 is 15.2 Å². The first-order valence-corrected chi connectivity index (χ1v) is 6.33. The number of methoxy groups -OCH3 is 1. The van der Waals surface area contributed by atoms with Crippen LogP contribution in [-0.2, 0) is 0 Å². The van der Waals surface area contributed by atoms with Crippen LogP contribution in [0.1, 0.15) is 30.9 Å². The molecule has 1 aromatic heterocycles. The number of benzene rings is 1.